The fourth-order valence-corrected chi connectivity index (χ4v) is 2.08. The summed E-state index contributed by atoms with van der Waals surface area (Å²) < 4.78 is 5.32. The third kappa shape index (κ3) is 2.17. The second-order valence-corrected chi connectivity index (χ2v) is 4.01. The van der Waals surface area contributed by atoms with Gasteiger partial charge in [0.15, 0.2) is 0 Å². The molecule has 16 heavy (non-hydrogen) atoms. The summed E-state index contributed by atoms with van der Waals surface area (Å²) >= 11 is 0. The molecule has 1 heterocycles. The van der Waals surface area contributed by atoms with Crippen molar-refractivity contribution in [1.29, 1.82) is 0 Å². The first-order chi connectivity index (χ1) is 7.68. The zero-order valence-corrected chi connectivity index (χ0v) is 8.80. The topological polar surface area (TPSA) is 66.8 Å². The molecule has 1 aliphatic heterocycles. The zero-order chi connectivity index (χ0) is 11.5. The van der Waals surface area contributed by atoms with Gasteiger partial charge in [0.25, 0.3) is 0 Å². The Morgan fingerprint density at radius 1 is 1.31 bits per heavy atom. The van der Waals surface area contributed by atoms with Crippen molar-refractivity contribution in [3.8, 4) is 5.75 Å². The van der Waals surface area contributed by atoms with Crippen LogP contribution in [-0.2, 0) is 9.53 Å². The SMILES string of the molecule is O=C(O)C1CCOCC1c1ccc(O)cc1. The van der Waals surface area contributed by atoms with E-state index >= 15 is 0 Å². The highest BCUT2D eigenvalue weighted by molar-refractivity contribution is 5.71. The van der Waals surface area contributed by atoms with E-state index in [4.69, 9.17) is 9.84 Å². The highest BCUT2D eigenvalue weighted by atomic mass is 16.5. The maximum atomic E-state index is 11.1. The minimum absolute atomic E-state index is 0.119. The normalized spacial score (nSPS) is 25.2. The van der Waals surface area contributed by atoms with E-state index in [9.17, 15) is 9.90 Å². The van der Waals surface area contributed by atoms with E-state index < -0.39 is 11.9 Å². The smallest absolute Gasteiger partial charge is 0.307 e. The van der Waals surface area contributed by atoms with Gasteiger partial charge in [-0.3, -0.25) is 4.79 Å². The van der Waals surface area contributed by atoms with E-state index in [2.05, 4.69) is 0 Å². The molecular weight excluding hydrogens is 208 g/mol. The van der Waals surface area contributed by atoms with E-state index in [1.165, 1.54) is 0 Å². The average Bonchev–Trinajstić information content (AvgIpc) is 2.30. The van der Waals surface area contributed by atoms with Gasteiger partial charge in [-0.15, -0.1) is 0 Å². The van der Waals surface area contributed by atoms with E-state index in [-0.39, 0.29) is 11.7 Å². The van der Waals surface area contributed by atoms with Gasteiger partial charge in [-0.2, -0.15) is 0 Å². The Hall–Kier alpha value is -1.55. The monoisotopic (exact) mass is 222 g/mol. The van der Waals surface area contributed by atoms with Crippen LogP contribution in [0, 0.1) is 5.92 Å². The van der Waals surface area contributed by atoms with Gasteiger partial charge in [0.05, 0.1) is 12.5 Å². The number of carbonyl (C=O) groups is 1. The molecule has 0 spiro atoms. The van der Waals surface area contributed by atoms with Gasteiger partial charge in [0.2, 0.25) is 0 Å². The number of phenols is 1. The Balaban J connectivity index is 2.23. The van der Waals surface area contributed by atoms with E-state index in [1.54, 1.807) is 24.3 Å². The van der Waals surface area contributed by atoms with Gasteiger partial charge in [-0.1, -0.05) is 12.1 Å². The Morgan fingerprint density at radius 2 is 2.00 bits per heavy atom. The maximum absolute atomic E-state index is 11.1. The summed E-state index contributed by atoms with van der Waals surface area (Å²) in [7, 11) is 0. The van der Waals surface area contributed by atoms with Crippen LogP contribution in [0.1, 0.15) is 17.9 Å². The van der Waals surface area contributed by atoms with Crippen molar-refractivity contribution in [3.05, 3.63) is 29.8 Å². The number of hydrogen-bond donors (Lipinski definition) is 2. The molecule has 0 saturated carbocycles. The van der Waals surface area contributed by atoms with Crippen molar-refractivity contribution in [2.75, 3.05) is 13.2 Å². The molecule has 86 valence electrons. The minimum Gasteiger partial charge on any atom is -0.508 e. The molecule has 1 aromatic rings. The number of carboxylic acid groups (broad SMARTS) is 1. The van der Waals surface area contributed by atoms with Crippen molar-refractivity contribution in [2.24, 2.45) is 5.92 Å². The molecule has 0 radical (unpaired) electrons. The van der Waals surface area contributed by atoms with Crippen molar-refractivity contribution < 1.29 is 19.7 Å². The number of hydrogen-bond acceptors (Lipinski definition) is 3. The van der Waals surface area contributed by atoms with Crippen molar-refractivity contribution in [2.45, 2.75) is 12.3 Å². The Kier molecular flexibility index (Phi) is 3.10. The highest BCUT2D eigenvalue weighted by Gasteiger charge is 2.32. The number of carboxylic acids is 1. The predicted octanol–water partition coefficient (Wildman–Crippen LogP) is 1.60. The lowest BCUT2D eigenvalue weighted by molar-refractivity contribution is -0.146. The summed E-state index contributed by atoms with van der Waals surface area (Å²) in [5, 5.41) is 18.3. The number of phenolic OH excluding ortho intramolecular Hbond substituents is 1. The first kappa shape index (κ1) is 11.0. The largest absolute Gasteiger partial charge is 0.508 e. The van der Waals surface area contributed by atoms with Crippen LogP contribution in [0.3, 0.4) is 0 Å². The van der Waals surface area contributed by atoms with Gasteiger partial charge < -0.3 is 14.9 Å². The summed E-state index contributed by atoms with van der Waals surface area (Å²) in [6.45, 7) is 0.938. The molecule has 4 nitrogen and oxygen atoms in total. The third-order valence-corrected chi connectivity index (χ3v) is 2.99. The molecule has 0 bridgehead atoms. The lowest BCUT2D eigenvalue weighted by Crippen LogP contribution is -2.31. The molecule has 2 rings (SSSR count). The van der Waals surface area contributed by atoms with Crippen molar-refractivity contribution in [3.63, 3.8) is 0 Å². The summed E-state index contributed by atoms with van der Waals surface area (Å²) in [5.41, 5.74) is 0.907. The van der Waals surface area contributed by atoms with Crippen LogP contribution >= 0.6 is 0 Å². The molecule has 2 atom stereocenters. The Morgan fingerprint density at radius 3 is 2.62 bits per heavy atom. The van der Waals surface area contributed by atoms with Crippen LogP contribution < -0.4 is 0 Å². The number of benzene rings is 1. The summed E-state index contributed by atoms with van der Waals surface area (Å²) in [6.07, 6.45) is 0.543. The second kappa shape index (κ2) is 4.53. The number of aliphatic carboxylic acids is 1. The lowest BCUT2D eigenvalue weighted by Gasteiger charge is -2.28. The zero-order valence-electron chi connectivity index (χ0n) is 8.80. The molecular formula is C12H14O4. The molecule has 1 fully saturated rings. The van der Waals surface area contributed by atoms with E-state index in [0.29, 0.717) is 19.6 Å². The molecule has 0 aliphatic carbocycles. The molecule has 2 N–H and O–H groups in total. The first-order valence-electron chi connectivity index (χ1n) is 5.28. The Bertz CT molecular complexity index is 371. The highest BCUT2D eigenvalue weighted by Crippen LogP contribution is 2.32. The standard InChI is InChI=1S/C12H14O4/c13-9-3-1-8(2-4-9)11-7-16-6-5-10(11)12(14)15/h1-4,10-11,13H,5-7H2,(H,14,15). The second-order valence-electron chi connectivity index (χ2n) is 4.01. The lowest BCUT2D eigenvalue weighted by atomic mass is 9.83. The quantitative estimate of drug-likeness (QED) is 0.797. The summed E-state index contributed by atoms with van der Waals surface area (Å²) in [4.78, 5) is 11.1. The van der Waals surface area contributed by atoms with Crippen LogP contribution in [0.5, 0.6) is 5.75 Å². The predicted molar refractivity (Wildman–Crippen MR) is 57.4 cm³/mol. The molecule has 1 aliphatic rings. The number of ether oxygens (including phenoxy) is 1. The van der Waals surface area contributed by atoms with Crippen molar-refractivity contribution in [1.82, 2.24) is 0 Å². The average molecular weight is 222 g/mol. The van der Waals surface area contributed by atoms with Crippen LogP contribution in [-0.4, -0.2) is 29.4 Å². The van der Waals surface area contributed by atoms with Gasteiger partial charge in [0.1, 0.15) is 5.75 Å². The van der Waals surface area contributed by atoms with Crippen LogP contribution in [0.15, 0.2) is 24.3 Å². The molecule has 0 amide bonds. The Labute approximate surface area is 93.5 Å². The molecule has 1 aromatic carbocycles. The first-order valence-corrected chi connectivity index (χ1v) is 5.28. The molecule has 2 unspecified atom stereocenters. The van der Waals surface area contributed by atoms with Gasteiger partial charge in [-0.25, -0.2) is 0 Å². The fourth-order valence-electron chi connectivity index (χ4n) is 2.08. The molecule has 1 saturated heterocycles. The van der Waals surface area contributed by atoms with Gasteiger partial charge >= 0.3 is 5.97 Å². The van der Waals surface area contributed by atoms with Crippen LogP contribution in [0.4, 0.5) is 0 Å². The van der Waals surface area contributed by atoms with Crippen LogP contribution in [0.2, 0.25) is 0 Å². The maximum Gasteiger partial charge on any atom is 0.307 e. The van der Waals surface area contributed by atoms with Gasteiger partial charge in [-0.05, 0) is 24.1 Å². The third-order valence-electron chi connectivity index (χ3n) is 2.99. The summed E-state index contributed by atoms with van der Waals surface area (Å²) in [5.74, 6) is -1.10. The van der Waals surface area contributed by atoms with E-state index in [0.717, 1.165) is 5.56 Å². The fraction of sp³-hybridized carbons (Fsp3) is 0.417. The van der Waals surface area contributed by atoms with Crippen LogP contribution in [0.25, 0.3) is 0 Å². The van der Waals surface area contributed by atoms with Crippen molar-refractivity contribution >= 4 is 5.97 Å². The van der Waals surface area contributed by atoms with Gasteiger partial charge in [0, 0.05) is 12.5 Å². The number of rotatable bonds is 2. The van der Waals surface area contributed by atoms with E-state index in [1.807, 2.05) is 0 Å². The summed E-state index contributed by atoms with van der Waals surface area (Å²) in [6, 6.07) is 6.65. The molecule has 0 aromatic heterocycles. The minimum atomic E-state index is -0.777. The molecule has 4 heteroatoms. The number of aromatic hydroxyl groups is 1.